The molecule has 5 aliphatic rings. The Morgan fingerprint density at radius 1 is 1.07 bits per heavy atom. The minimum atomic E-state index is -4.63. The van der Waals surface area contributed by atoms with Crippen molar-refractivity contribution in [3.05, 3.63) is 42.0 Å². The van der Waals surface area contributed by atoms with E-state index in [-0.39, 0.29) is 23.7 Å². The van der Waals surface area contributed by atoms with Crippen molar-refractivity contribution < 1.29 is 27.6 Å². The molecule has 0 aromatic heterocycles. The Kier molecular flexibility index (Phi) is 3.76. The first-order valence-electron chi connectivity index (χ1n) is 9.72. The third kappa shape index (κ3) is 2.57. The van der Waals surface area contributed by atoms with Crippen LogP contribution in [0.4, 0.5) is 18.9 Å². The van der Waals surface area contributed by atoms with Crippen molar-refractivity contribution >= 4 is 23.4 Å². The molecule has 2 saturated carbocycles. The van der Waals surface area contributed by atoms with E-state index in [1.807, 2.05) is 12.2 Å². The van der Waals surface area contributed by atoms with Crippen LogP contribution < -0.4 is 5.32 Å². The lowest BCUT2D eigenvalue weighted by Gasteiger charge is -2.37. The third-order valence-electron chi connectivity index (χ3n) is 6.95. The maximum atomic E-state index is 13.2. The highest BCUT2D eigenvalue weighted by Gasteiger charge is 2.67. The van der Waals surface area contributed by atoms with Crippen LogP contribution in [0.15, 0.2) is 36.4 Å². The van der Waals surface area contributed by atoms with E-state index in [1.165, 1.54) is 19.1 Å². The summed E-state index contributed by atoms with van der Waals surface area (Å²) < 4.78 is 39.5. The molecule has 8 heteroatoms. The Labute approximate surface area is 164 Å². The summed E-state index contributed by atoms with van der Waals surface area (Å²) in [5.41, 5.74) is -1.37. The zero-order valence-electron chi connectivity index (χ0n) is 15.5. The summed E-state index contributed by atoms with van der Waals surface area (Å²) in [7, 11) is 0. The van der Waals surface area contributed by atoms with Crippen molar-refractivity contribution in [2.45, 2.75) is 25.6 Å². The molecular weight excluding hydrogens is 385 g/mol. The van der Waals surface area contributed by atoms with Crippen LogP contribution in [0.1, 0.15) is 18.9 Å². The molecule has 1 aliphatic heterocycles. The van der Waals surface area contributed by atoms with Crippen LogP contribution in [0.25, 0.3) is 0 Å². The molecule has 5 nitrogen and oxygen atoms in total. The van der Waals surface area contributed by atoms with Gasteiger partial charge in [0.05, 0.1) is 23.1 Å². The minimum Gasteiger partial charge on any atom is -0.324 e. The smallest absolute Gasteiger partial charge is 0.324 e. The van der Waals surface area contributed by atoms with Gasteiger partial charge in [-0.1, -0.05) is 24.3 Å². The van der Waals surface area contributed by atoms with Gasteiger partial charge in [-0.3, -0.25) is 19.3 Å². The third-order valence-corrected chi connectivity index (χ3v) is 6.95. The first kappa shape index (κ1) is 18.4. The molecule has 1 aromatic carbocycles. The van der Waals surface area contributed by atoms with E-state index in [1.54, 1.807) is 0 Å². The van der Waals surface area contributed by atoms with E-state index in [0.717, 1.165) is 23.5 Å². The molecular formula is C21H19F3N2O3. The number of anilines is 1. The van der Waals surface area contributed by atoms with Crippen LogP contribution in [0.2, 0.25) is 0 Å². The van der Waals surface area contributed by atoms with E-state index in [9.17, 15) is 27.6 Å². The molecule has 1 saturated heterocycles. The molecule has 29 heavy (non-hydrogen) atoms. The molecule has 6 rings (SSSR count). The number of benzene rings is 1. The number of para-hydroxylation sites is 1. The van der Waals surface area contributed by atoms with E-state index < -0.39 is 41.2 Å². The number of hydrogen-bond donors (Lipinski definition) is 1. The van der Waals surface area contributed by atoms with Crippen molar-refractivity contribution in [1.29, 1.82) is 0 Å². The van der Waals surface area contributed by atoms with E-state index in [2.05, 4.69) is 5.32 Å². The van der Waals surface area contributed by atoms with Crippen LogP contribution in [-0.4, -0.2) is 28.7 Å². The van der Waals surface area contributed by atoms with E-state index in [4.69, 9.17) is 0 Å². The molecule has 2 bridgehead atoms. The number of hydrogen-bond acceptors (Lipinski definition) is 3. The highest BCUT2D eigenvalue weighted by molar-refractivity contribution is 6.10. The molecule has 0 unspecified atom stereocenters. The number of carbonyl (C=O) groups excluding carboxylic acids is 3. The first-order valence-corrected chi connectivity index (χ1v) is 9.72. The Bertz CT molecular complexity index is 921. The van der Waals surface area contributed by atoms with Gasteiger partial charge in [0.1, 0.15) is 6.04 Å². The van der Waals surface area contributed by atoms with Gasteiger partial charge in [0.25, 0.3) is 0 Å². The lowest BCUT2D eigenvalue weighted by atomic mass is 9.63. The number of alkyl halides is 3. The molecule has 1 heterocycles. The van der Waals surface area contributed by atoms with Crippen molar-refractivity contribution in [2.24, 2.45) is 35.5 Å². The van der Waals surface area contributed by atoms with Crippen LogP contribution in [0, 0.1) is 35.5 Å². The number of halogens is 3. The largest absolute Gasteiger partial charge is 0.418 e. The second-order valence-corrected chi connectivity index (χ2v) is 8.41. The number of likely N-dealkylation sites (tertiary alicyclic amines) is 1. The highest BCUT2D eigenvalue weighted by atomic mass is 19.4. The maximum Gasteiger partial charge on any atom is 0.418 e. The molecule has 152 valence electrons. The van der Waals surface area contributed by atoms with Crippen molar-refractivity contribution in [3.63, 3.8) is 0 Å². The normalized spacial score (nSPS) is 35.4. The molecule has 1 N–H and O–H groups in total. The fourth-order valence-electron chi connectivity index (χ4n) is 5.56. The lowest BCUT2D eigenvalue weighted by molar-refractivity contribution is -0.146. The predicted octanol–water partition coefficient (Wildman–Crippen LogP) is 3.09. The van der Waals surface area contributed by atoms with Gasteiger partial charge in [-0.2, -0.15) is 13.2 Å². The van der Waals surface area contributed by atoms with Gasteiger partial charge in [-0.05, 0) is 49.1 Å². The average Bonchev–Trinajstić information content (AvgIpc) is 3.45. The first-order chi connectivity index (χ1) is 13.7. The topological polar surface area (TPSA) is 66.5 Å². The van der Waals surface area contributed by atoms with Gasteiger partial charge in [-0.25, -0.2) is 0 Å². The van der Waals surface area contributed by atoms with Gasteiger partial charge in [0, 0.05) is 0 Å². The standard InChI is InChI=1S/C21H19F3N2O3/c1-9(18(27)25-15-5-3-2-4-14(15)21(22,23)24)26-19(28)16-10-6-7-11(13-8-12(10)13)17(16)20(26)29/h2-7,9-13,16-17H,8H2,1H3,(H,25,27)/t9-,10-,11-,12-,13-,16-,17+/m1/s1. The van der Waals surface area contributed by atoms with Crippen molar-refractivity contribution in [1.82, 2.24) is 4.90 Å². The molecule has 1 aromatic rings. The second kappa shape index (κ2) is 5.93. The number of nitrogens with zero attached hydrogens (tertiary/aromatic N) is 1. The Balaban J connectivity index is 1.38. The zero-order chi connectivity index (χ0) is 20.7. The van der Waals surface area contributed by atoms with Crippen molar-refractivity contribution in [3.8, 4) is 0 Å². The average molecular weight is 404 g/mol. The second-order valence-electron chi connectivity index (χ2n) is 8.41. The number of rotatable bonds is 3. The van der Waals surface area contributed by atoms with E-state index >= 15 is 0 Å². The predicted molar refractivity (Wildman–Crippen MR) is 96.1 cm³/mol. The summed E-state index contributed by atoms with van der Waals surface area (Å²) in [4.78, 5) is 39.7. The monoisotopic (exact) mass is 404 g/mol. The van der Waals surface area contributed by atoms with Crippen molar-refractivity contribution in [2.75, 3.05) is 5.32 Å². The SMILES string of the molecule is C[C@H](C(=O)Nc1ccccc1C(F)(F)F)N1C(=O)[C@@H]2[C@@H]3C=C[C@H]([C@H]4C[C@H]34)[C@@H]2C1=O. The Morgan fingerprint density at radius 3 is 2.17 bits per heavy atom. The molecule has 0 radical (unpaired) electrons. The van der Waals surface area contributed by atoms with Gasteiger partial charge in [-0.15, -0.1) is 0 Å². The van der Waals surface area contributed by atoms with E-state index in [0.29, 0.717) is 11.8 Å². The Hall–Kier alpha value is -2.64. The summed E-state index contributed by atoms with van der Waals surface area (Å²) in [5, 5.41) is 2.25. The molecule has 3 amide bonds. The molecule has 0 spiro atoms. The number of allylic oxidation sites excluding steroid dienone is 2. The highest BCUT2D eigenvalue weighted by Crippen LogP contribution is 2.65. The lowest BCUT2D eigenvalue weighted by Crippen LogP contribution is -2.46. The molecule has 7 atom stereocenters. The number of carbonyl (C=O) groups is 3. The zero-order valence-corrected chi connectivity index (χ0v) is 15.5. The number of amides is 3. The quantitative estimate of drug-likeness (QED) is 0.622. The molecule has 3 fully saturated rings. The summed E-state index contributed by atoms with van der Waals surface area (Å²) in [6.45, 7) is 1.38. The van der Waals surface area contributed by atoms with Gasteiger partial charge < -0.3 is 5.32 Å². The van der Waals surface area contributed by atoms with Crippen LogP contribution >= 0.6 is 0 Å². The fraction of sp³-hybridized carbons (Fsp3) is 0.476. The fourth-order valence-corrected chi connectivity index (χ4v) is 5.56. The summed E-state index contributed by atoms with van der Waals surface area (Å²) in [5.74, 6) is -1.54. The van der Waals surface area contributed by atoms with Gasteiger partial charge in [0.15, 0.2) is 0 Å². The van der Waals surface area contributed by atoms with Crippen LogP contribution in [0.5, 0.6) is 0 Å². The van der Waals surface area contributed by atoms with Gasteiger partial charge in [0.2, 0.25) is 17.7 Å². The van der Waals surface area contributed by atoms with Crippen LogP contribution in [0.3, 0.4) is 0 Å². The summed E-state index contributed by atoms with van der Waals surface area (Å²) in [6, 6.07) is 3.45. The maximum absolute atomic E-state index is 13.2. The summed E-state index contributed by atoms with van der Waals surface area (Å²) in [6.07, 6.45) is 0.450. The van der Waals surface area contributed by atoms with Gasteiger partial charge >= 0.3 is 6.18 Å². The number of imide groups is 1. The Morgan fingerprint density at radius 2 is 1.62 bits per heavy atom. The van der Waals surface area contributed by atoms with Crippen LogP contribution in [-0.2, 0) is 20.6 Å². The summed E-state index contributed by atoms with van der Waals surface area (Å²) >= 11 is 0. The number of nitrogens with one attached hydrogen (secondary N) is 1. The molecule has 4 aliphatic carbocycles. The minimum absolute atomic E-state index is 0.0256.